The van der Waals surface area contributed by atoms with Crippen LogP contribution in [0.5, 0.6) is 0 Å². The third-order valence-electron chi connectivity index (χ3n) is 11.4. The number of thiophene rings is 4. The zero-order valence-corrected chi connectivity index (χ0v) is 42.0. The summed E-state index contributed by atoms with van der Waals surface area (Å²) in [5.74, 6) is 0. The highest BCUT2D eigenvalue weighted by Gasteiger charge is 2.32. The van der Waals surface area contributed by atoms with Gasteiger partial charge in [-0.1, -0.05) is 149 Å². The van der Waals surface area contributed by atoms with Gasteiger partial charge in [-0.05, 0) is 112 Å². The molecule has 7 heteroatoms. The molecule has 56 heavy (non-hydrogen) atoms. The quantitative estimate of drug-likeness (QED) is 0.0342. The van der Waals surface area contributed by atoms with E-state index in [1.807, 2.05) is 45.3 Å². The smallest absolute Gasteiger partial charge is 0.173 e. The maximum Gasteiger partial charge on any atom is 0.173 e. The Hall–Kier alpha value is -0.806. The van der Waals surface area contributed by atoms with Crippen LogP contribution in [-0.2, 0) is 17.0 Å². The molecule has 4 aromatic rings. The molecule has 0 radical (unpaired) electrons. The van der Waals surface area contributed by atoms with Gasteiger partial charge in [0.15, 0.2) is 16.6 Å². The molecule has 4 rings (SSSR count). The SMILES string of the molecule is CCCCCCCCCCCC[Si](C)(C)O[Si](C)(C)CCCCCCCCCCCc1ccc(-c2ccc(-c3ccc(-c4ccc(CCCCCC)s4)s3)s2)s1. The summed E-state index contributed by atoms with van der Waals surface area (Å²) in [6.07, 6.45) is 34.6. The van der Waals surface area contributed by atoms with E-state index in [0.29, 0.717) is 0 Å². The first kappa shape index (κ1) is 47.9. The molecular weight excluding hydrogens is 789 g/mol. The molecule has 314 valence electrons. The molecule has 1 nitrogen and oxygen atoms in total. The maximum atomic E-state index is 6.97. The summed E-state index contributed by atoms with van der Waals surface area (Å²) in [5, 5.41) is 0. The van der Waals surface area contributed by atoms with Gasteiger partial charge >= 0.3 is 0 Å². The topological polar surface area (TPSA) is 9.23 Å². The lowest BCUT2D eigenvalue weighted by Crippen LogP contribution is -2.44. The van der Waals surface area contributed by atoms with E-state index in [1.165, 1.54) is 207 Å². The molecule has 0 saturated carbocycles. The van der Waals surface area contributed by atoms with Crippen molar-refractivity contribution in [2.24, 2.45) is 0 Å². The lowest BCUT2D eigenvalue weighted by molar-refractivity contribution is 0.515. The van der Waals surface area contributed by atoms with Gasteiger partial charge in [0, 0.05) is 39.0 Å². The van der Waals surface area contributed by atoms with Crippen LogP contribution in [0.15, 0.2) is 48.5 Å². The normalized spacial score (nSPS) is 12.3. The van der Waals surface area contributed by atoms with Crippen molar-refractivity contribution >= 4 is 62.0 Å². The van der Waals surface area contributed by atoms with Crippen molar-refractivity contribution in [1.82, 2.24) is 0 Å². The van der Waals surface area contributed by atoms with Gasteiger partial charge in [-0.15, -0.1) is 45.3 Å². The van der Waals surface area contributed by atoms with Crippen LogP contribution in [0.3, 0.4) is 0 Å². The van der Waals surface area contributed by atoms with Crippen molar-refractivity contribution in [1.29, 1.82) is 0 Å². The van der Waals surface area contributed by atoms with Gasteiger partial charge in [-0.2, -0.15) is 0 Å². The molecule has 0 saturated heterocycles. The third kappa shape index (κ3) is 19.1. The maximum absolute atomic E-state index is 6.97. The van der Waals surface area contributed by atoms with Gasteiger partial charge in [0.1, 0.15) is 0 Å². The van der Waals surface area contributed by atoms with Gasteiger partial charge in [0.05, 0.1) is 0 Å². The van der Waals surface area contributed by atoms with Crippen LogP contribution in [0, 0.1) is 0 Å². The Morgan fingerprint density at radius 2 is 0.607 bits per heavy atom. The summed E-state index contributed by atoms with van der Waals surface area (Å²) in [5.41, 5.74) is 0. The zero-order valence-electron chi connectivity index (χ0n) is 36.8. The second kappa shape index (κ2) is 27.1. The molecule has 0 atom stereocenters. The van der Waals surface area contributed by atoms with E-state index in [9.17, 15) is 0 Å². The van der Waals surface area contributed by atoms with Crippen LogP contribution in [0.25, 0.3) is 29.3 Å². The van der Waals surface area contributed by atoms with Gasteiger partial charge < -0.3 is 4.12 Å². The molecule has 0 aliphatic rings. The van der Waals surface area contributed by atoms with Gasteiger partial charge in [-0.25, -0.2) is 0 Å². The molecule has 0 aliphatic carbocycles. The summed E-state index contributed by atoms with van der Waals surface area (Å²) in [7, 11) is -3.06. The number of unbranched alkanes of at least 4 members (excludes halogenated alkanes) is 20. The number of hydrogen-bond acceptors (Lipinski definition) is 5. The van der Waals surface area contributed by atoms with E-state index in [0.717, 1.165) is 0 Å². The van der Waals surface area contributed by atoms with E-state index >= 15 is 0 Å². The van der Waals surface area contributed by atoms with Crippen LogP contribution in [0.2, 0.25) is 38.3 Å². The van der Waals surface area contributed by atoms with E-state index in [1.54, 1.807) is 4.88 Å². The first-order valence-corrected chi connectivity index (χ1v) is 32.8. The van der Waals surface area contributed by atoms with E-state index < -0.39 is 16.6 Å². The zero-order chi connectivity index (χ0) is 39.9. The summed E-state index contributed by atoms with van der Waals surface area (Å²) in [4.78, 5) is 11.6. The molecule has 0 spiro atoms. The third-order valence-corrected chi connectivity index (χ3v) is 24.0. The van der Waals surface area contributed by atoms with Crippen molar-refractivity contribution in [3.05, 3.63) is 58.3 Å². The Bertz CT molecular complexity index is 1580. The Balaban J connectivity index is 1.00. The van der Waals surface area contributed by atoms with Crippen LogP contribution < -0.4 is 0 Å². The molecular formula is C49H80OS4Si2. The summed E-state index contributed by atoms with van der Waals surface area (Å²) >= 11 is 7.91. The van der Waals surface area contributed by atoms with E-state index in [2.05, 4.69) is 88.6 Å². The standard InChI is InChI=1S/C49H80OS4Si2/c1-7-9-11-13-14-15-18-21-24-28-40-55(3,4)50-56(5,6)41-29-25-22-19-16-17-20-23-27-31-43-33-35-45(52-43)47-37-39-49(54-47)48-38-36-46(53-48)44-34-32-42(51-44)30-26-12-10-8-2/h32-39H,7-31,40-41H2,1-6H3. The molecule has 0 bridgehead atoms. The van der Waals surface area contributed by atoms with Gasteiger partial charge in [-0.3, -0.25) is 0 Å². The Morgan fingerprint density at radius 3 is 0.964 bits per heavy atom. The van der Waals surface area contributed by atoms with E-state index in [-0.39, 0.29) is 0 Å². The minimum absolute atomic E-state index is 1.23. The average molecular weight is 870 g/mol. The predicted octanol–water partition coefficient (Wildman–Crippen LogP) is 19.5. The van der Waals surface area contributed by atoms with Crippen molar-refractivity contribution in [2.75, 3.05) is 0 Å². The Morgan fingerprint density at radius 1 is 0.339 bits per heavy atom. The summed E-state index contributed by atoms with van der Waals surface area (Å²) < 4.78 is 6.97. The van der Waals surface area contributed by atoms with Crippen molar-refractivity contribution < 1.29 is 4.12 Å². The van der Waals surface area contributed by atoms with Crippen LogP contribution in [0.4, 0.5) is 0 Å². The number of hydrogen-bond donors (Lipinski definition) is 0. The molecule has 4 heterocycles. The minimum Gasteiger partial charge on any atom is -0.455 e. The van der Waals surface area contributed by atoms with E-state index in [4.69, 9.17) is 4.12 Å². The van der Waals surface area contributed by atoms with Crippen LogP contribution in [-0.4, -0.2) is 16.6 Å². The average Bonchev–Trinajstić information content (AvgIpc) is 4.00. The molecule has 0 amide bonds. The fraction of sp³-hybridized carbons (Fsp3) is 0.673. The largest absolute Gasteiger partial charge is 0.455 e. The second-order valence-corrected chi connectivity index (χ2v) is 31.3. The van der Waals surface area contributed by atoms with Crippen molar-refractivity contribution in [3.63, 3.8) is 0 Å². The summed E-state index contributed by atoms with van der Waals surface area (Å²) in [6, 6.07) is 21.5. The molecule has 0 aliphatic heterocycles. The molecule has 0 unspecified atom stereocenters. The molecule has 0 aromatic carbocycles. The first-order chi connectivity index (χ1) is 27.2. The highest BCUT2D eigenvalue weighted by atomic mass is 32.1. The predicted molar refractivity (Wildman–Crippen MR) is 265 cm³/mol. The second-order valence-electron chi connectivity index (χ2n) is 17.9. The fourth-order valence-corrected chi connectivity index (χ4v) is 21.6. The first-order valence-electron chi connectivity index (χ1n) is 23.3. The lowest BCUT2D eigenvalue weighted by Gasteiger charge is -2.34. The Labute approximate surface area is 363 Å². The monoisotopic (exact) mass is 868 g/mol. The molecule has 0 fully saturated rings. The van der Waals surface area contributed by atoms with Crippen LogP contribution >= 0.6 is 45.3 Å². The molecule has 0 N–H and O–H groups in total. The van der Waals surface area contributed by atoms with Crippen LogP contribution in [0.1, 0.15) is 171 Å². The fourth-order valence-electron chi connectivity index (χ4n) is 8.20. The Kier molecular flexibility index (Phi) is 23.2. The summed E-state index contributed by atoms with van der Waals surface area (Å²) in [6.45, 7) is 14.6. The highest BCUT2D eigenvalue weighted by molar-refractivity contribution is 7.28. The molecule has 4 aromatic heterocycles. The number of rotatable bonds is 33. The van der Waals surface area contributed by atoms with Crippen molar-refractivity contribution in [3.8, 4) is 29.3 Å². The van der Waals surface area contributed by atoms with Gasteiger partial charge in [0.25, 0.3) is 0 Å². The lowest BCUT2D eigenvalue weighted by atomic mass is 10.1. The number of aryl methyl sites for hydroxylation is 2. The minimum atomic E-state index is -1.54. The highest BCUT2D eigenvalue weighted by Crippen LogP contribution is 2.43. The van der Waals surface area contributed by atoms with Crippen molar-refractivity contribution in [2.45, 2.75) is 213 Å². The van der Waals surface area contributed by atoms with Gasteiger partial charge in [0.2, 0.25) is 0 Å².